The molecule has 0 aliphatic heterocycles. The van der Waals surface area contributed by atoms with Crippen molar-refractivity contribution in [3.05, 3.63) is 47.9 Å². The van der Waals surface area contributed by atoms with Crippen molar-refractivity contribution in [1.82, 2.24) is 4.98 Å². The van der Waals surface area contributed by atoms with E-state index < -0.39 is 0 Å². The monoisotopic (exact) mass is 230 g/mol. The second-order valence-corrected chi connectivity index (χ2v) is 4.43. The van der Waals surface area contributed by atoms with Crippen LogP contribution in [0.3, 0.4) is 0 Å². The van der Waals surface area contributed by atoms with Gasteiger partial charge in [0.2, 0.25) is 0 Å². The lowest BCUT2D eigenvalue weighted by Gasteiger charge is -1.98. The van der Waals surface area contributed by atoms with E-state index in [2.05, 4.69) is 53.4 Å². The van der Waals surface area contributed by atoms with E-state index in [9.17, 15) is 0 Å². The molecule has 0 bridgehead atoms. The molecule has 0 aliphatic carbocycles. The van der Waals surface area contributed by atoms with E-state index in [0.29, 0.717) is 0 Å². The van der Waals surface area contributed by atoms with Gasteiger partial charge in [-0.25, -0.2) is 4.98 Å². The summed E-state index contributed by atoms with van der Waals surface area (Å²) in [6.45, 7) is 6.50. The van der Waals surface area contributed by atoms with Gasteiger partial charge in [-0.15, -0.1) is 17.9 Å². The summed E-state index contributed by atoms with van der Waals surface area (Å²) in [6.07, 6.45) is 1.83. The Morgan fingerprint density at radius 1 is 1.38 bits per heavy atom. The molecule has 0 aliphatic rings. The molecule has 0 fully saturated rings. The molecule has 1 aromatic carbocycles. The number of rotatable bonds is 4. The highest BCUT2D eigenvalue weighted by Crippen LogP contribution is 2.24. The van der Waals surface area contributed by atoms with Crippen LogP contribution in [0.2, 0.25) is 0 Å². The molecule has 3 heteroatoms. The largest absolute Gasteiger partial charge is 0.358 e. The van der Waals surface area contributed by atoms with E-state index >= 15 is 0 Å². The predicted octanol–water partition coefficient (Wildman–Crippen LogP) is 3.72. The van der Waals surface area contributed by atoms with Crippen LogP contribution in [0, 0.1) is 6.92 Å². The first-order chi connectivity index (χ1) is 7.79. The summed E-state index contributed by atoms with van der Waals surface area (Å²) < 4.78 is 0. The number of anilines is 1. The van der Waals surface area contributed by atoms with Crippen LogP contribution >= 0.6 is 11.3 Å². The number of aryl methyl sites for hydroxylation is 1. The third kappa shape index (κ3) is 2.49. The molecule has 2 rings (SSSR count). The Morgan fingerprint density at radius 2 is 2.12 bits per heavy atom. The zero-order valence-electron chi connectivity index (χ0n) is 9.23. The maximum atomic E-state index is 4.51. The number of hydrogen-bond acceptors (Lipinski definition) is 3. The molecule has 1 heterocycles. The highest BCUT2D eigenvalue weighted by Gasteiger charge is 2.02. The molecule has 1 aromatic heterocycles. The summed E-state index contributed by atoms with van der Waals surface area (Å²) in [5, 5.41) is 6.19. The number of thiazole rings is 1. The van der Waals surface area contributed by atoms with Crippen LogP contribution in [0.25, 0.3) is 11.3 Å². The normalized spacial score (nSPS) is 10.1. The molecule has 0 spiro atoms. The molecule has 0 unspecified atom stereocenters. The average Bonchev–Trinajstić information content (AvgIpc) is 2.76. The molecule has 82 valence electrons. The maximum Gasteiger partial charge on any atom is 0.183 e. The lowest BCUT2D eigenvalue weighted by Crippen LogP contribution is -1.96. The Kier molecular flexibility index (Phi) is 3.37. The van der Waals surface area contributed by atoms with Crippen molar-refractivity contribution in [3.8, 4) is 11.3 Å². The Hall–Kier alpha value is -1.61. The quantitative estimate of drug-likeness (QED) is 0.810. The van der Waals surface area contributed by atoms with Crippen LogP contribution in [0.1, 0.15) is 5.56 Å². The molecule has 0 atom stereocenters. The fourth-order valence-electron chi connectivity index (χ4n) is 1.37. The van der Waals surface area contributed by atoms with Crippen molar-refractivity contribution in [1.29, 1.82) is 0 Å². The lowest BCUT2D eigenvalue weighted by molar-refractivity contribution is 1.28. The van der Waals surface area contributed by atoms with E-state index in [0.717, 1.165) is 22.9 Å². The van der Waals surface area contributed by atoms with Crippen molar-refractivity contribution >= 4 is 16.5 Å². The minimum absolute atomic E-state index is 0.751. The van der Waals surface area contributed by atoms with Gasteiger partial charge in [-0.05, 0) is 6.92 Å². The molecular weight excluding hydrogens is 216 g/mol. The third-order valence-corrected chi connectivity index (χ3v) is 3.05. The van der Waals surface area contributed by atoms with E-state index in [4.69, 9.17) is 0 Å². The molecule has 1 N–H and O–H groups in total. The minimum Gasteiger partial charge on any atom is -0.358 e. The number of benzene rings is 1. The highest BCUT2D eigenvalue weighted by atomic mass is 32.1. The average molecular weight is 230 g/mol. The maximum absolute atomic E-state index is 4.51. The number of nitrogens with one attached hydrogen (secondary N) is 1. The fraction of sp³-hybridized carbons (Fsp3) is 0.154. The van der Waals surface area contributed by atoms with Crippen LogP contribution in [-0.4, -0.2) is 11.5 Å². The Balaban J connectivity index is 2.17. The first kappa shape index (κ1) is 10.9. The van der Waals surface area contributed by atoms with Crippen LogP contribution in [0.5, 0.6) is 0 Å². The molecule has 2 nitrogen and oxygen atoms in total. The summed E-state index contributed by atoms with van der Waals surface area (Å²) >= 11 is 1.62. The van der Waals surface area contributed by atoms with Gasteiger partial charge in [0.25, 0.3) is 0 Å². The van der Waals surface area contributed by atoms with E-state index in [1.807, 2.05) is 6.08 Å². The Labute approximate surface area is 99.7 Å². The van der Waals surface area contributed by atoms with Gasteiger partial charge in [-0.1, -0.05) is 35.9 Å². The summed E-state index contributed by atoms with van der Waals surface area (Å²) in [6, 6.07) is 8.40. The van der Waals surface area contributed by atoms with Crippen molar-refractivity contribution in [2.75, 3.05) is 11.9 Å². The zero-order chi connectivity index (χ0) is 11.4. The van der Waals surface area contributed by atoms with Gasteiger partial charge in [0.15, 0.2) is 5.13 Å². The number of nitrogens with zero attached hydrogens (tertiary/aromatic N) is 1. The van der Waals surface area contributed by atoms with Gasteiger partial charge >= 0.3 is 0 Å². The molecule has 0 radical (unpaired) electrons. The van der Waals surface area contributed by atoms with E-state index in [-0.39, 0.29) is 0 Å². The molecule has 0 saturated carbocycles. The molecule has 0 amide bonds. The minimum atomic E-state index is 0.751. The number of aromatic nitrogens is 1. The number of hydrogen-bond donors (Lipinski definition) is 1. The zero-order valence-corrected chi connectivity index (χ0v) is 10.1. The van der Waals surface area contributed by atoms with E-state index in [1.165, 1.54) is 5.56 Å². The molecule has 16 heavy (non-hydrogen) atoms. The van der Waals surface area contributed by atoms with E-state index in [1.54, 1.807) is 11.3 Å². The van der Waals surface area contributed by atoms with Crippen molar-refractivity contribution in [2.24, 2.45) is 0 Å². The summed E-state index contributed by atoms with van der Waals surface area (Å²) in [4.78, 5) is 4.51. The predicted molar refractivity (Wildman–Crippen MR) is 71.0 cm³/mol. The SMILES string of the molecule is C=CCNc1nc(-c2ccc(C)cc2)cs1. The second-order valence-electron chi connectivity index (χ2n) is 3.57. The van der Waals surface area contributed by atoms with Crippen molar-refractivity contribution < 1.29 is 0 Å². The fourth-order valence-corrected chi connectivity index (χ4v) is 2.10. The third-order valence-electron chi connectivity index (χ3n) is 2.25. The Morgan fingerprint density at radius 3 is 2.81 bits per heavy atom. The summed E-state index contributed by atoms with van der Waals surface area (Å²) in [5.74, 6) is 0. The van der Waals surface area contributed by atoms with Gasteiger partial charge in [0.05, 0.1) is 5.69 Å². The van der Waals surface area contributed by atoms with Crippen molar-refractivity contribution in [3.63, 3.8) is 0 Å². The topological polar surface area (TPSA) is 24.9 Å². The van der Waals surface area contributed by atoms with Gasteiger partial charge in [-0.2, -0.15) is 0 Å². The first-order valence-corrected chi connectivity index (χ1v) is 6.05. The van der Waals surface area contributed by atoms with Gasteiger partial charge in [-0.3, -0.25) is 0 Å². The van der Waals surface area contributed by atoms with Crippen LogP contribution < -0.4 is 5.32 Å². The summed E-state index contributed by atoms with van der Waals surface area (Å²) in [7, 11) is 0. The highest BCUT2D eigenvalue weighted by molar-refractivity contribution is 7.14. The second kappa shape index (κ2) is 4.94. The standard InChI is InChI=1S/C13H14N2S/c1-3-8-14-13-15-12(9-16-13)11-6-4-10(2)5-7-11/h3-7,9H,1,8H2,2H3,(H,14,15). The van der Waals surface area contributed by atoms with Gasteiger partial charge in [0, 0.05) is 17.5 Å². The molecular formula is C13H14N2S. The molecule has 0 saturated heterocycles. The van der Waals surface area contributed by atoms with Crippen molar-refractivity contribution in [2.45, 2.75) is 6.92 Å². The van der Waals surface area contributed by atoms with Gasteiger partial charge < -0.3 is 5.32 Å². The van der Waals surface area contributed by atoms with Gasteiger partial charge in [0.1, 0.15) is 0 Å². The van der Waals surface area contributed by atoms with Crippen LogP contribution in [0.4, 0.5) is 5.13 Å². The first-order valence-electron chi connectivity index (χ1n) is 5.17. The summed E-state index contributed by atoms with van der Waals surface area (Å²) in [5.41, 5.74) is 3.45. The van der Waals surface area contributed by atoms with Crippen LogP contribution in [-0.2, 0) is 0 Å². The lowest BCUT2D eigenvalue weighted by atomic mass is 10.1. The molecule has 2 aromatic rings. The smallest absolute Gasteiger partial charge is 0.183 e. The Bertz CT molecular complexity index is 471. The van der Waals surface area contributed by atoms with Crippen LogP contribution in [0.15, 0.2) is 42.3 Å².